The van der Waals surface area contributed by atoms with Crippen molar-refractivity contribution in [2.45, 2.75) is 20.0 Å². The molecule has 35 heavy (non-hydrogen) atoms. The van der Waals surface area contributed by atoms with Crippen LogP contribution in [0.5, 0.6) is 11.5 Å². The number of urea groups is 1. The van der Waals surface area contributed by atoms with E-state index in [2.05, 4.69) is 16.0 Å². The highest BCUT2D eigenvalue weighted by molar-refractivity contribution is 6.06. The summed E-state index contributed by atoms with van der Waals surface area (Å²) >= 11 is 0. The van der Waals surface area contributed by atoms with Crippen molar-refractivity contribution in [3.63, 3.8) is 0 Å². The van der Waals surface area contributed by atoms with E-state index >= 15 is 0 Å². The first-order chi connectivity index (χ1) is 16.7. The third kappa shape index (κ3) is 6.89. The SMILES string of the molecule is CCOc1cc(NC(=O)c2ccccc2)c(OCC)cc1NC(=O)Nc1cccc(C(F)(F)F)c1. The van der Waals surface area contributed by atoms with Crippen LogP contribution in [0, 0.1) is 0 Å². The molecule has 0 fully saturated rings. The van der Waals surface area contributed by atoms with Crippen LogP contribution in [-0.4, -0.2) is 25.2 Å². The van der Waals surface area contributed by atoms with Gasteiger partial charge in [0.05, 0.1) is 30.2 Å². The van der Waals surface area contributed by atoms with Crippen LogP contribution >= 0.6 is 0 Å². The molecule has 184 valence electrons. The van der Waals surface area contributed by atoms with Gasteiger partial charge in [0.1, 0.15) is 11.5 Å². The number of carbonyl (C=O) groups is 2. The summed E-state index contributed by atoms with van der Waals surface area (Å²) in [6, 6.07) is 15.1. The Morgan fingerprint density at radius 3 is 1.94 bits per heavy atom. The molecule has 3 rings (SSSR count). The molecule has 3 N–H and O–H groups in total. The summed E-state index contributed by atoms with van der Waals surface area (Å²) < 4.78 is 50.1. The molecule has 3 aromatic rings. The van der Waals surface area contributed by atoms with Gasteiger partial charge < -0.3 is 25.4 Å². The number of benzene rings is 3. The molecular weight excluding hydrogens is 463 g/mol. The number of rotatable bonds is 8. The average Bonchev–Trinajstić information content (AvgIpc) is 2.82. The minimum atomic E-state index is -4.54. The number of alkyl halides is 3. The predicted octanol–water partition coefficient (Wildman–Crippen LogP) is 6.40. The number of nitrogens with one attached hydrogen (secondary N) is 3. The zero-order valence-electron chi connectivity index (χ0n) is 19.0. The minimum Gasteiger partial charge on any atom is -0.492 e. The molecule has 0 atom stereocenters. The second kappa shape index (κ2) is 11.3. The minimum absolute atomic E-state index is 0.0351. The Hall–Kier alpha value is -4.21. The summed E-state index contributed by atoms with van der Waals surface area (Å²) in [5.41, 5.74) is 0.0514. The van der Waals surface area contributed by atoms with E-state index in [1.807, 2.05) is 0 Å². The number of halogens is 3. The normalized spacial score (nSPS) is 10.9. The Morgan fingerprint density at radius 2 is 1.37 bits per heavy atom. The monoisotopic (exact) mass is 487 g/mol. The number of hydrogen-bond donors (Lipinski definition) is 3. The number of ether oxygens (including phenoxy) is 2. The molecule has 0 bridgehead atoms. The summed E-state index contributed by atoms with van der Waals surface area (Å²) in [6.07, 6.45) is -4.54. The smallest absolute Gasteiger partial charge is 0.416 e. The Morgan fingerprint density at radius 1 is 0.771 bits per heavy atom. The molecule has 0 unspecified atom stereocenters. The highest BCUT2D eigenvalue weighted by Gasteiger charge is 2.30. The van der Waals surface area contributed by atoms with Crippen molar-refractivity contribution >= 4 is 29.0 Å². The third-order valence-corrected chi connectivity index (χ3v) is 4.66. The molecule has 0 aliphatic carbocycles. The number of amides is 3. The molecule has 0 aliphatic heterocycles. The van der Waals surface area contributed by atoms with Crippen LogP contribution in [0.25, 0.3) is 0 Å². The molecule has 0 aromatic heterocycles. The van der Waals surface area contributed by atoms with Gasteiger partial charge in [-0.05, 0) is 44.2 Å². The molecule has 7 nitrogen and oxygen atoms in total. The van der Waals surface area contributed by atoms with E-state index in [0.717, 1.165) is 12.1 Å². The fourth-order valence-corrected chi connectivity index (χ4v) is 3.15. The maximum absolute atomic E-state index is 13.0. The van der Waals surface area contributed by atoms with Crippen LogP contribution in [0.15, 0.2) is 66.7 Å². The lowest BCUT2D eigenvalue weighted by Crippen LogP contribution is -2.21. The number of carbonyl (C=O) groups excluding carboxylic acids is 2. The summed E-state index contributed by atoms with van der Waals surface area (Å²) in [5, 5.41) is 7.71. The van der Waals surface area contributed by atoms with E-state index in [0.29, 0.717) is 11.3 Å². The van der Waals surface area contributed by atoms with Crippen molar-refractivity contribution in [1.82, 2.24) is 0 Å². The fraction of sp³-hybridized carbons (Fsp3) is 0.200. The lowest BCUT2D eigenvalue weighted by atomic mass is 10.2. The molecule has 10 heteroatoms. The van der Waals surface area contributed by atoms with Crippen LogP contribution in [-0.2, 0) is 6.18 Å². The molecule has 0 radical (unpaired) electrons. The van der Waals surface area contributed by atoms with Crippen molar-refractivity contribution in [2.75, 3.05) is 29.2 Å². The number of anilines is 3. The Labute approximate surface area is 200 Å². The predicted molar refractivity (Wildman–Crippen MR) is 127 cm³/mol. The zero-order valence-corrected chi connectivity index (χ0v) is 19.0. The summed E-state index contributed by atoms with van der Waals surface area (Å²) in [7, 11) is 0. The summed E-state index contributed by atoms with van der Waals surface area (Å²) in [6.45, 7) is 4.03. The van der Waals surface area contributed by atoms with E-state index in [-0.39, 0.29) is 42.0 Å². The second-order valence-electron chi connectivity index (χ2n) is 7.19. The lowest BCUT2D eigenvalue weighted by Gasteiger charge is -2.18. The first-order valence-corrected chi connectivity index (χ1v) is 10.8. The summed E-state index contributed by atoms with van der Waals surface area (Å²) in [5.74, 6) is 0.144. The van der Waals surface area contributed by atoms with Crippen molar-refractivity contribution in [1.29, 1.82) is 0 Å². The average molecular weight is 487 g/mol. The molecule has 3 amide bonds. The van der Waals surface area contributed by atoms with Crippen LogP contribution in [0.2, 0.25) is 0 Å². The van der Waals surface area contributed by atoms with Gasteiger partial charge in [0.25, 0.3) is 5.91 Å². The largest absolute Gasteiger partial charge is 0.492 e. The number of hydrogen-bond acceptors (Lipinski definition) is 4. The van der Waals surface area contributed by atoms with E-state index < -0.39 is 17.8 Å². The highest BCUT2D eigenvalue weighted by atomic mass is 19.4. The molecule has 0 heterocycles. The lowest BCUT2D eigenvalue weighted by molar-refractivity contribution is -0.137. The molecule has 3 aromatic carbocycles. The standard InChI is InChI=1S/C25H24F3N3O4/c1-3-34-21-15-20(31-24(33)29-18-12-8-11-17(13-18)25(26,27)28)22(35-4-2)14-19(21)30-23(32)16-9-6-5-7-10-16/h5-15H,3-4H2,1-2H3,(H,30,32)(H2,29,31,33). The Bertz CT molecular complexity index is 1180. The van der Waals surface area contributed by atoms with E-state index in [1.165, 1.54) is 24.3 Å². The molecule has 0 saturated carbocycles. The molecule has 0 aliphatic rings. The Balaban J connectivity index is 1.85. The first kappa shape index (κ1) is 25.4. The van der Waals surface area contributed by atoms with Crippen molar-refractivity contribution in [3.8, 4) is 11.5 Å². The van der Waals surface area contributed by atoms with Gasteiger partial charge in [0.2, 0.25) is 0 Å². The Kier molecular flexibility index (Phi) is 8.19. The van der Waals surface area contributed by atoms with Gasteiger partial charge in [0, 0.05) is 23.4 Å². The van der Waals surface area contributed by atoms with Gasteiger partial charge in [-0.15, -0.1) is 0 Å². The molecular formula is C25H24F3N3O4. The van der Waals surface area contributed by atoms with Crippen LogP contribution in [0.1, 0.15) is 29.8 Å². The van der Waals surface area contributed by atoms with E-state index in [1.54, 1.807) is 44.2 Å². The maximum Gasteiger partial charge on any atom is 0.416 e. The van der Waals surface area contributed by atoms with Gasteiger partial charge in [-0.25, -0.2) is 4.79 Å². The summed E-state index contributed by atoms with van der Waals surface area (Å²) in [4.78, 5) is 25.2. The van der Waals surface area contributed by atoms with Gasteiger partial charge in [-0.1, -0.05) is 24.3 Å². The van der Waals surface area contributed by atoms with Gasteiger partial charge in [-0.3, -0.25) is 4.79 Å². The van der Waals surface area contributed by atoms with Crippen LogP contribution in [0.3, 0.4) is 0 Å². The first-order valence-electron chi connectivity index (χ1n) is 10.8. The van der Waals surface area contributed by atoms with Crippen molar-refractivity contribution < 1.29 is 32.2 Å². The topological polar surface area (TPSA) is 88.7 Å². The fourth-order valence-electron chi connectivity index (χ4n) is 3.15. The molecule has 0 spiro atoms. The van der Waals surface area contributed by atoms with Gasteiger partial charge >= 0.3 is 12.2 Å². The zero-order chi connectivity index (χ0) is 25.4. The van der Waals surface area contributed by atoms with E-state index in [4.69, 9.17) is 9.47 Å². The van der Waals surface area contributed by atoms with Crippen LogP contribution < -0.4 is 25.4 Å². The van der Waals surface area contributed by atoms with Gasteiger partial charge in [-0.2, -0.15) is 13.2 Å². The highest BCUT2D eigenvalue weighted by Crippen LogP contribution is 2.37. The molecule has 0 saturated heterocycles. The third-order valence-electron chi connectivity index (χ3n) is 4.66. The van der Waals surface area contributed by atoms with Gasteiger partial charge in [0.15, 0.2) is 0 Å². The second-order valence-corrected chi connectivity index (χ2v) is 7.19. The van der Waals surface area contributed by atoms with Crippen molar-refractivity contribution in [2.24, 2.45) is 0 Å². The van der Waals surface area contributed by atoms with Crippen LogP contribution in [0.4, 0.5) is 35.0 Å². The quantitative estimate of drug-likeness (QED) is 0.343. The van der Waals surface area contributed by atoms with Crippen molar-refractivity contribution in [3.05, 3.63) is 77.9 Å². The maximum atomic E-state index is 13.0. The van der Waals surface area contributed by atoms with E-state index in [9.17, 15) is 22.8 Å².